The van der Waals surface area contributed by atoms with E-state index in [1.54, 1.807) is 36.4 Å². The van der Waals surface area contributed by atoms with E-state index in [-0.39, 0.29) is 12.5 Å². The Labute approximate surface area is 205 Å². The second-order valence-corrected chi connectivity index (χ2v) is 8.25. The molecule has 0 saturated carbocycles. The van der Waals surface area contributed by atoms with Crippen molar-refractivity contribution in [1.29, 1.82) is 0 Å². The number of nitrogens with zero attached hydrogens (tertiary/aromatic N) is 1. The Hall–Kier alpha value is -3.98. The van der Waals surface area contributed by atoms with Gasteiger partial charge in [-0.3, -0.25) is 14.4 Å². The maximum Gasteiger partial charge on any atom is 0.329 e. The van der Waals surface area contributed by atoms with Crippen LogP contribution in [0.4, 0.5) is 11.4 Å². The summed E-state index contributed by atoms with van der Waals surface area (Å²) >= 11 is 3.34. The molecule has 3 amide bonds. The first kappa shape index (κ1) is 24.7. The van der Waals surface area contributed by atoms with E-state index in [2.05, 4.69) is 37.1 Å². The number of halogens is 1. The monoisotopic (exact) mass is 522 g/mol. The number of rotatable bonds is 7. The van der Waals surface area contributed by atoms with Gasteiger partial charge in [0, 0.05) is 15.8 Å². The summed E-state index contributed by atoms with van der Waals surface area (Å²) in [6, 6.07) is 19.6. The van der Waals surface area contributed by atoms with Crippen LogP contribution in [0, 0.1) is 13.8 Å². The van der Waals surface area contributed by atoms with Crippen molar-refractivity contribution >= 4 is 51.2 Å². The van der Waals surface area contributed by atoms with Crippen LogP contribution in [0.15, 0.2) is 76.3 Å². The van der Waals surface area contributed by atoms with Crippen LogP contribution in [0.25, 0.3) is 0 Å². The fourth-order valence-corrected chi connectivity index (χ4v) is 3.23. The van der Waals surface area contributed by atoms with Gasteiger partial charge < -0.3 is 15.4 Å². The first-order valence-corrected chi connectivity index (χ1v) is 11.1. The maximum atomic E-state index is 12.2. The minimum Gasteiger partial charge on any atom is -0.484 e. The molecule has 3 rings (SSSR count). The molecular formula is C25H23BrN4O4. The number of aryl methyl sites for hydroxylation is 2. The summed E-state index contributed by atoms with van der Waals surface area (Å²) in [6.45, 7) is 3.52. The molecule has 0 spiro atoms. The number of carbonyl (C=O) groups excluding carboxylic acids is 3. The summed E-state index contributed by atoms with van der Waals surface area (Å²) in [5, 5.41) is 9.16. The molecular weight excluding hydrogens is 500 g/mol. The van der Waals surface area contributed by atoms with Crippen molar-refractivity contribution in [1.82, 2.24) is 5.43 Å². The van der Waals surface area contributed by atoms with Crippen LogP contribution in [0.3, 0.4) is 0 Å². The highest BCUT2D eigenvalue weighted by atomic mass is 79.9. The molecule has 3 aromatic carbocycles. The molecule has 0 unspecified atom stereocenters. The van der Waals surface area contributed by atoms with Crippen LogP contribution in [0.1, 0.15) is 16.7 Å². The van der Waals surface area contributed by atoms with Gasteiger partial charge in [-0.05, 0) is 66.9 Å². The molecule has 0 aliphatic heterocycles. The summed E-state index contributed by atoms with van der Waals surface area (Å²) in [7, 11) is 0. The summed E-state index contributed by atoms with van der Waals surface area (Å²) in [4.78, 5) is 36.3. The highest BCUT2D eigenvalue weighted by Gasteiger charge is 2.15. The number of ether oxygens (including phenoxy) is 1. The van der Waals surface area contributed by atoms with Crippen LogP contribution in [-0.4, -0.2) is 30.5 Å². The third-order valence-electron chi connectivity index (χ3n) is 4.66. The molecule has 0 radical (unpaired) electrons. The lowest BCUT2D eigenvalue weighted by Crippen LogP contribution is -2.32. The average Bonchev–Trinajstić information content (AvgIpc) is 2.82. The lowest BCUT2D eigenvalue weighted by atomic mass is 10.1. The van der Waals surface area contributed by atoms with Gasteiger partial charge in [-0.1, -0.05) is 46.3 Å². The van der Waals surface area contributed by atoms with E-state index in [1.807, 2.05) is 44.2 Å². The second kappa shape index (κ2) is 11.8. The highest BCUT2D eigenvalue weighted by molar-refractivity contribution is 9.10. The SMILES string of the molecule is Cc1cccc(C)c1NC(=O)C(=O)N/N=C\c1cccc(OCC(=O)Nc2ccc(Br)cc2)c1. The van der Waals surface area contributed by atoms with E-state index in [4.69, 9.17) is 4.74 Å². The second-order valence-electron chi connectivity index (χ2n) is 7.34. The molecule has 0 heterocycles. The van der Waals surface area contributed by atoms with Crippen LogP contribution < -0.4 is 20.8 Å². The Morgan fingerprint density at radius 1 is 0.912 bits per heavy atom. The topological polar surface area (TPSA) is 109 Å². The maximum absolute atomic E-state index is 12.2. The molecule has 0 fully saturated rings. The van der Waals surface area contributed by atoms with Crippen molar-refractivity contribution in [3.8, 4) is 5.75 Å². The Morgan fingerprint density at radius 2 is 1.59 bits per heavy atom. The predicted octanol–water partition coefficient (Wildman–Crippen LogP) is 4.17. The van der Waals surface area contributed by atoms with Gasteiger partial charge in [0.05, 0.1) is 6.21 Å². The Kier molecular flexibility index (Phi) is 8.53. The molecule has 9 heteroatoms. The number of amides is 3. The summed E-state index contributed by atoms with van der Waals surface area (Å²) in [5.74, 6) is -1.56. The molecule has 8 nitrogen and oxygen atoms in total. The normalized spacial score (nSPS) is 10.6. The molecule has 3 aromatic rings. The van der Waals surface area contributed by atoms with E-state index >= 15 is 0 Å². The lowest BCUT2D eigenvalue weighted by Gasteiger charge is -2.10. The third kappa shape index (κ3) is 7.28. The number of hydrazone groups is 1. The first-order valence-electron chi connectivity index (χ1n) is 10.3. The van der Waals surface area contributed by atoms with Gasteiger partial charge >= 0.3 is 11.8 Å². The Morgan fingerprint density at radius 3 is 2.29 bits per heavy atom. The smallest absolute Gasteiger partial charge is 0.329 e. The van der Waals surface area contributed by atoms with Crippen molar-refractivity contribution in [2.75, 3.05) is 17.2 Å². The third-order valence-corrected chi connectivity index (χ3v) is 5.19. The van der Waals surface area contributed by atoms with Crippen molar-refractivity contribution < 1.29 is 19.1 Å². The van der Waals surface area contributed by atoms with Crippen LogP contribution >= 0.6 is 15.9 Å². The van der Waals surface area contributed by atoms with E-state index in [1.165, 1.54) is 6.21 Å². The minimum absolute atomic E-state index is 0.175. The Bertz CT molecular complexity index is 1210. The average molecular weight is 523 g/mol. The highest BCUT2D eigenvalue weighted by Crippen LogP contribution is 2.19. The van der Waals surface area contributed by atoms with Gasteiger partial charge in [0.2, 0.25) is 0 Å². The summed E-state index contributed by atoms with van der Waals surface area (Å²) < 4.78 is 6.44. The molecule has 0 atom stereocenters. The van der Waals surface area contributed by atoms with Crippen molar-refractivity contribution in [3.63, 3.8) is 0 Å². The number of benzene rings is 3. The fraction of sp³-hybridized carbons (Fsp3) is 0.120. The standard InChI is InChI=1S/C25H23BrN4O4/c1-16-5-3-6-17(2)23(16)29-24(32)25(33)30-27-14-18-7-4-8-21(13-18)34-15-22(31)28-20-11-9-19(26)10-12-20/h3-14H,15H2,1-2H3,(H,28,31)(H,29,32)(H,30,33)/b27-14-. The van der Waals surface area contributed by atoms with E-state index < -0.39 is 11.8 Å². The number of hydrogen-bond donors (Lipinski definition) is 3. The quantitative estimate of drug-likeness (QED) is 0.245. The number of nitrogens with one attached hydrogen (secondary N) is 3. The summed E-state index contributed by atoms with van der Waals surface area (Å²) in [5.41, 5.74) is 5.78. The molecule has 0 aliphatic rings. The van der Waals surface area contributed by atoms with E-state index in [9.17, 15) is 14.4 Å². The number of hydrogen-bond acceptors (Lipinski definition) is 5. The first-order chi connectivity index (χ1) is 16.3. The molecule has 34 heavy (non-hydrogen) atoms. The van der Waals surface area contributed by atoms with Crippen molar-refractivity contribution in [3.05, 3.63) is 87.9 Å². The fourth-order valence-electron chi connectivity index (χ4n) is 2.96. The van der Waals surface area contributed by atoms with Gasteiger partial charge in [0.25, 0.3) is 5.91 Å². The molecule has 174 valence electrons. The van der Waals surface area contributed by atoms with Gasteiger partial charge in [-0.15, -0.1) is 0 Å². The molecule has 0 bridgehead atoms. The molecule has 3 N–H and O–H groups in total. The largest absolute Gasteiger partial charge is 0.484 e. The van der Waals surface area contributed by atoms with Crippen LogP contribution in [0.5, 0.6) is 5.75 Å². The minimum atomic E-state index is -0.893. The van der Waals surface area contributed by atoms with Crippen molar-refractivity contribution in [2.45, 2.75) is 13.8 Å². The van der Waals surface area contributed by atoms with Crippen LogP contribution in [-0.2, 0) is 14.4 Å². The number of para-hydroxylation sites is 1. The van der Waals surface area contributed by atoms with Crippen LogP contribution in [0.2, 0.25) is 0 Å². The number of anilines is 2. The molecule has 0 aliphatic carbocycles. The number of carbonyl (C=O) groups is 3. The van der Waals surface area contributed by atoms with Gasteiger partial charge in [-0.2, -0.15) is 5.10 Å². The van der Waals surface area contributed by atoms with E-state index in [0.29, 0.717) is 22.7 Å². The van der Waals surface area contributed by atoms with Gasteiger partial charge in [0.15, 0.2) is 6.61 Å². The Balaban J connectivity index is 1.49. The zero-order valence-corrected chi connectivity index (χ0v) is 20.2. The summed E-state index contributed by atoms with van der Waals surface area (Å²) in [6.07, 6.45) is 1.37. The zero-order chi connectivity index (χ0) is 24.5. The zero-order valence-electron chi connectivity index (χ0n) is 18.6. The van der Waals surface area contributed by atoms with Gasteiger partial charge in [-0.25, -0.2) is 5.43 Å². The lowest BCUT2D eigenvalue weighted by molar-refractivity contribution is -0.136. The van der Waals surface area contributed by atoms with Gasteiger partial charge in [0.1, 0.15) is 5.75 Å². The predicted molar refractivity (Wildman–Crippen MR) is 135 cm³/mol. The van der Waals surface area contributed by atoms with E-state index in [0.717, 1.165) is 15.6 Å². The molecule has 0 aromatic heterocycles. The molecule has 0 saturated heterocycles. The van der Waals surface area contributed by atoms with Crippen molar-refractivity contribution in [2.24, 2.45) is 5.10 Å².